The monoisotopic (exact) mass is 464 g/mol. The number of aromatic amines is 2. The Labute approximate surface area is 189 Å². The summed E-state index contributed by atoms with van der Waals surface area (Å²) in [5.74, 6) is 0.403. The molecule has 10 heteroatoms. The first-order valence-corrected chi connectivity index (χ1v) is 10.7. The van der Waals surface area contributed by atoms with Crippen LogP contribution in [0.3, 0.4) is 0 Å². The summed E-state index contributed by atoms with van der Waals surface area (Å²) in [6.45, 7) is 11.7. The fraction of sp³-hybridized carbons (Fsp3) is 0.429. The Morgan fingerprint density at radius 1 is 0.903 bits per heavy atom. The number of nitrogens with one attached hydrogen (secondary N) is 2. The van der Waals surface area contributed by atoms with Gasteiger partial charge in [0.2, 0.25) is 0 Å². The highest BCUT2D eigenvalue weighted by Crippen LogP contribution is 2.20. The third-order valence-electron chi connectivity index (χ3n) is 4.37. The van der Waals surface area contributed by atoms with Gasteiger partial charge in [-0.3, -0.25) is 19.1 Å². The van der Waals surface area contributed by atoms with Gasteiger partial charge in [0.25, 0.3) is 0 Å². The number of fused-ring (bicyclic) bond motifs is 2. The minimum atomic E-state index is -0.139. The SMILES string of the molecule is CC(C)(C)Cn1c(=O)[nH]c2ncc(Cl)cc21.CC(C)Cn1c(=O)[nH]c2ncc(Cl)cc21. The van der Waals surface area contributed by atoms with E-state index in [0.717, 1.165) is 11.0 Å². The van der Waals surface area contributed by atoms with Gasteiger partial charge in [0.15, 0.2) is 11.3 Å². The quantitative estimate of drug-likeness (QED) is 0.467. The van der Waals surface area contributed by atoms with Crippen molar-refractivity contribution < 1.29 is 0 Å². The molecule has 8 nitrogen and oxygen atoms in total. The number of hydrogen-bond acceptors (Lipinski definition) is 4. The first kappa shape index (κ1) is 23.1. The van der Waals surface area contributed by atoms with Gasteiger partial charge < -0.3 is 0 Å². The van der Waals surface area contributed by atoms with Crippen molar-refractivity contribution in [1.82, 2.24) is 29.1 Å². The first-order valence-electron chi connectivity index (χ1n) is 9.93. The van der Waals surface area contributed by atoms with Crippen LogP contribution in [-0.4, -0.2) is 29.1 Å². The highest BCUT2D eigenvalue weighted by atomic mass is 35.5. The molecule has 0 saturated carbocycles. The molecule has 2 N–H and O–H groups in total. The number of aromatic nitrogens is 6. The van der Waals surface area contributed by atoms with E-state index in [-0.39, 0.29) is 16.8 Å². The van der Waals surface area contributed by atoms with Crippen molar-refractivity contribution >= 4 is 45.5 Å². The number of H-pyrrole nitrogens is 2. The van der Waals surface area contributed by atoms with E-state index < -0.39 is 0 Å². The molecule has 0 aliphatic heterocycles. The van der Waals surface area contributed by atoms with Crippen LogP contribution in [0.2, 0.25) is 10.0 Å². The molecule has 0 unspecified atom stereocenters. The molecule has 0 aliphatic carbocycles. The molecule has 31 heavy (non-hydrogen) atoms. The van der Waals surface area contributed by atoms with Crippen LogP contribution in [0.4, 0.5) is 0 Å². The fourth-order valence-corrected chi connectivity index (χ4v) is 3.50. The van der Waals surface area contributed by atoms with Crippen molar-refractivity contribution in [3.05, 3.63) is 55.5 Å². The standard InChI is InChI=1S/C11H14ClN3O.C10H12ClN3O/c1-11(2,3)6-15-8-4-7(12)5-13-9(8)14-10(15)16;1-6(2)5-14-8-3-7(11)4-12-9(8)13-10(14)15/h4-5H,6H2,1-3H3,(H,13,14,16);3-4,6H,5H2,1-2H3,(H,12,13,15). The zero-order valence-electron chi connectivity index (χ0n) is 18.2. The molecule has 0 radical (unpaired) electrons. The van der Waals surface area contributed by atoms with Crippen LogP contribution in [0.5, 0.6) is 0 Å². The van der Waals surface area contributed by atoms with Gasteiger partial charge in [-0.05, 0) is 23.5 Å². The molecule has 0 aliphatic rings. The van der Waals surface area contributed by atoms with Crippen LogP contribution in [-0.2, 0) is 13.1 Å². The van der Waals surface area contributed by atoms with E-state index in [9.17, 15) is 9.59 Å². The summed E-state index contributed by atoms with van der Waals surface area (Å²) in [4.78, 5) is 36.9. The van der Waals surface area contributed by atoms with Crippen LogP contribution in [0.25, 0.3) is 22.3 Å². The summed E-state index contributed by atoms with van der Waals surface area (Å²) in [7, 11) is 0. The second kappa shape index (κ2) is 8.88. The average Bonchev–Trinajstić information content (AvgIpc) is 3.11. The highest BCUT2D eigenvalue weighted by molar-refractivity contribution is 6.31. The molecule has 0 aromatic carbocycles. The molecule has 0 spiro atoms. The molecule has 0 fully saturated rings. The second-order valence-electron chi connectivity index (χ2n) is 9.05. The summed E-state index contributed by atoms with van der Waals surface area (Å²) in [6, 6.07) is 3.51. The van der Waals surface area contributed by atoms with E-state index in [2.05, 4.69) is 54.6 Å². The van der Waals surface area contributed by atoms with Gasteiger partial charge in [-0.2, -0.15) is 0 Å². The normalized spacial score (nSPS) is 11.9. The fourth-order valence-electron chi connectivity index (χ4n) is 3.20. The average molecular weight is 465 g/mol. The first-order chi connectivity index (χ1) is 14.4. The van der Waals surface area contributed by atoms with E-state index in [0.29, 0.717) is 40.3 Å². The van der Waals surface area contributed by atoms with E-state index in [1.165, 1.54) is 12.4 Å². The van der Waals surface area contributed by atoms with Gasteiger partial charge in [-0.1, -0.05) is 57.8 Å². The number of rotatable bonds is 3. The maximum absolute atomic E-state index is 11.8. The molecule has 4 aromatic heterocycles. The van der Waals surface area contributed by atoms with Crippen molar-refractivity contribution in [1.29, 1.82) is 0 Å². The largest absolute Gasteiger partial charge is 0.327 e. The molecule has 0 atom stereocenters. The van der Waals surface area contributed by atoms with Crippen LogP contribution in [0.1, 0.15) is 34.6 Å². The molecule has 4 rings (SSSR count). The predicted molar refractivity (Wildman–Crippen MR) is 125 cm³/mol. The lowest BCUT2D eigenvalue weighted by Crippen LogP contribution is -2.24. The van der Waals surface area contributed by atoms with E-state index in [1.54, 1.807) is 21.3 Å². The summed E-state index contributed by atoms with van der Waals surface area (Å²) in [5.41, 5.74) is 2.45. The second-order valence-corrected chi connectivity index (χ2v) is 9.93. The minimum absolute atomic E-state index is 0.0290. The smallest absolute Gasteiger partial charge is 0.290 e. The van der Waals surface area contributed by atoms with Gasteiger partial charge in [0, 0.05) is 25.5 Å². The van der Waals surface area contributed by atoms with Gasteiger partial charge in [-0.25, -0.2) is 19.6 Å². The molecule has 4 aromatic rings. The van der Waals surface area contributed by atoms with Gasteiger partial charge in [0.1, 0.15) is 0 Å². The number of halogens is 2. The third-order valence-corrected chi connectivity index (χ3v) is 4.78. The molecule has 4 heterocycles. The van der Waals surface area contributed by atoms with E-state index in [4.69, 9.17) is 23.2 Å². The molecule has 0 saturated heterocycles. The lowest BCUT2D eigenvalue weighted by atomic mass is 9.97. The lowest BCUT2D eigenvalue weighted by molar-refractivity contribution is 0.344. The lowest BCUT2D eigenvalue weighted by Gasteiger charge is -2.18. The number of imidazole rings is 2. The van der Waals surface area contributed by atoms with Crippen LogP contribution >= 0.6 is 23.2 Å². The Bertz CT molecular complexity index is 1320. The Kier molecular flexibility index (Phi) is 6.62. The van der Waals surface area contributed by atoms with E-state index in [1.807, 2.05) is 0 Å². The molecule has 0 amide bonds. The summed E-state index contributed by atoms with van der Waals surface area (Å²) in [6.07, 6.45) is 3.06. The minimum Gasteiger partial charge on any atom is -0.290 e. The Morgan fingerprint density at radius 2 is 1.35 bits per heavy atom. The van der Waals surface area contributed by atoms with Crippen molar-refractivity contribution in [3.8, 4) is 0 Å². The molecular formula is C21H26Cl2N6O2. The Morgan fingerprint density at radius 3 is 1.81 bits per heavy atom. The number of pyridine rings is 2. The van der Waals surface area contributed by atoms with Crippen LogP contribution in [0.15, 0.2) is 34.1 Å². The topological polar surface area (TPSA) is 101 Å². The van der Waals surface area contributed by atoms with Crippen molar-refractivity contribution in [2.75, 3.05) is 0 Å². The van der Waals surface area contributed by atoms with Crippen molar-refractivity contribution in [2.24, 2.45) is 11.3 Å². The Hall–Kier alpha value is -2.58. The Balaban J connectivity index is 0.000000176. The number of hydrogen-bond donors (Lipinski definition) is 2. The van der Waals surface area contributed by atoms with Crippen molar-refractivity contribution in [2.45, 2.75) is 47.7 Å². The van der Waals surface area contributed by atoms with Crippen LogP contribution in [0, 0.1) is 11.3 Å². The van der Waals surface area contributed by atoms with Gasteiger partial charge in [0.05, 0.1) is 21.1 Å². The summed E-state index contributed by atoms with van der Waals surface area (Å²) in [5, 5.41) is 1.08. The zero-order chi connectivity index (χ0) is 22.9. The predicted octanol–water partition coefficient (Wildman–Crippen LogP) is 4.46. The third kappa shape index (κ3) is 5.57. The van der Waals surface area contributed by atoms with E-state index >= 15 is 0 Å². The van der Waals surface area contributed by atoms with Crippen LogP contribution < -0.4 is 11.4 Å². The zero-order valence-corrected chi connectivity index (χ0v) is 19.7. The van der Waals surface area contributed by atoms with Gasteiger partial charge >= 0.3 is 11.4 Å². The summed E-state index contributed by atoms with van der Waals surface area (Å²) < 4.78 is 3.34. The van der Waals surface area contributed by atoms with Crippen molar-refractivity contribution in [3.63, 3.8) is 0 Å². The molecule has 166 valence electrons. The van der Waals surface area contributed by atoms with Gasteiger partial charge in [-0.15, -0.1) is 0 Å². The number of nitrogens with zero attached hydrogens (tertiary/aromatic N) is 4. The summed E-state index contributed by atoms with van der Waals surface area (Å²) >= 11 is 11.7. The highest BCUT2D eigenvalue weighted by Gasteiger charge is 2.16. The molecular weight excluding hydrogens is 439 g/mol. The maximum Gasteiger partial charge on any atom is 0.327 e. The molecule has 0 bridgehead atoms. The maximum atomic E-state index is 11.8.